The van der Waals surface area contributed by atoms with Crippen molar-refractivity contribution in [2.24, 2.45) is 0 Å². The number of aromatic nitrogens is 2. The second-order valence-corrected chi connectivity index (χ2v) is 6.67. The van der Waals surface area contributed by atoms with Crippen molar-refractivity contribution in [2.45, 2.75) is 12.8 Å². The summed E-state index contributed by atoms with van der Waals surface area (Å²) in [5, 5.41) is 2.77. The van der Waals surface area contributed by atoms with Gasteiger partial charge in [-0.2, -0.15) is 0 Å². The van der Waals surface area contributed by atoms with Crippen LogP contribution in [0.4, 0.5) is 17.2 Å². The van der Waals surface area contributed by atoms with Crippen molar-refractivity contribution >= 4 is 29.1 Å². The highest BCUT2D eigenvalue weighted by molar-refractivity contribution is 6.04. The number of rotatable bonds is 4. The van der Waals surface area contributed by atoms with Crippen molar-refractivity contribution in [1.29, 1.82) is 0 Å². The Morgan fingerprint density at radius 2 is 1.93 bits per heavy atom. The molecule has 4 rings (SSSR count). The van der Waals surface area contributed by atoms with Gasteiger partial charge in [0.1, 0.15) is 17.8 Å². The molecule has 0 unspecified atom stereocenters. The van der Waals surface area contributed by atoms with E-state index in [9.17, 15) is 9.59 Å². The fourth-order valence-electron chi connectivity index (χ4n) is 3.43. The van der Waals surface area contributed by atoms with E-state index in [-0.39, 0.29) is 11.6 Å². The standard InChI is InChI=1S/C22H20N4O3/c1-29-22(28)16-7-4-9-17(12-16)25-21(27)18-13-20(24-14-23-18)26-11-5-8-15-6-2-3-10-19(15)26/h2-4,6-7,9-10,12-14H,5,8,11H2,1H3,(H,25,27). The van der Waals surface area contributed by atoms with Crippen molar-refractivity contribution in [3.05, 3.63) is 77.7 Å². The predicted molar refractivity (Wildman–Crippen MR) is 110 cm³/mol. The second-order valence-electron chi connectivity index (χ2n) is 6.67. The Bertz CT molecular complexity index is 1070. The normalized spacial score (nSPS) is 12.8. The van der Waals surface area contributed by atoms with E-state index in [1.807, 2.05) is 12.1 Å². The number of anilines is 3. The first-order chi connectivity index (χ1) is 14.2. The molecule has 1 amide bonds. The van der Waals surface area contributed by atoms with Gasteiger partial charge in [0, 0.05) is 24.0 Å². The lowest BCUT2D eigenvalue weighted by Crippen LogP contribution is -2.26. The van der Waals surface area contributed by atoms with Gasteiger partial charge in [0.05, 0.1) is 12.7 Å². The lowest BCUT2D eigenvalue weighted by atomic mass is 10.0. The number of esters is 1. The zero-order valence-corrected chi connectivity index (χ0v) is 16.0. The van der Waals surface area contributed by atoms with Crippen LogP contribution in [0.2, 0.25) is 0 Å². The van der Waals surface area contributed by atoms with Crippen LogP contribution in [0.25, 0.3) is 0 Å². The third kappa shape index (κ3) is 3.94. The summed E-state index contributed by atoms with van der Waals surface area (Å²) in [5.41, 5.74) is 3.47. The smallest absolute Gasteiger partial charge is 0.337 e. The molecule has 1 N–H and O–H groups in total. The minimum Gasteiger partial charge on any atom is -0.465 e. The fourth-order valence-corrected chi connectivity index (χ4v) is 3.43. The van der Waals surface area contributed by atoms with Crippen LogP contribution in [0, 0.1) is 0 Å². The second kappa shape index (κ2) is 8.10. The van der Waals surface area contributed by atoms with Crippen LogP contribution >= 0.6 is 0 Å². The zero-order chi connectivity index (χ0) is 20.2. The van der Waals surface area contributed by atoms with E-state index < -0.39 is 5.97 Å². The molecule has 7 heteroatoms. The molecular weight excluding hydrogens is 368 g/mol. The number of methoxy groups -OCH3 is 1. The van der Waals surface area contributed by atoms with Crippen LogP contribution in [0.15, 0.2) is 60.9 Å². The molecule has 1 aromatic heterocycles. The molecule has 3 aromatic rings. The lowest BCUT2D eigenvalue weighted by Gasteiger charge is -2.30. The molecule has 0 radical (unpaired) electrons. The van der Waals surface area contributed by atoms with Gasteiger partial charge in [0.25, 0.3) is 5.91 Å². The summed E-state index contributed by atoms with van der Waals surface area (Å²) in [6, 6.07) is 16.5. The van der Waals surface area contributed by atoms with Crippen LogP contribution < -0.4 is 10.2 Å². The highest BCUT2D eigenvalue weighted by atomic mass is 16.5. The summed E-state index contributed by atoms with van der Waals surface area (Å²) in [7, 11) is 1.31. The predicted octanol–water partition coefficient (Wildman–Crippen LogP) is 3.60. The minimum absolute atomic E-state index is 0.251. The maximum Gasteiger partial charge on any atom is 0.337 e. The Balaban J connectivity index is 1.57. The molecule has 0 fully saturated rings. The molecule has 2 heterocycles. The molecule has 0 saturated heterocycles. The van der Waals surface area contributed by atoms with Gasteiger partial charge in [0.15, 0.2) is 0 Å². The van der Waals surface area contributed by atoms with Gasteiger partial charge in [0.2, 0.25) is 0 Å². The molecule has 0 atom stereocenters. The Morgan fingerprint density at radius 1 is 1.07 bits per heavy atom. The Kier molecular flexibility index (Phi) is 5.20. The first-order valence-corrected chi connectivity index (χ1v) is 9.33. The van der Waals surface area contributed by atoms with E-state index in [0.29, 0.717) is 17.1 Å². The Labute approximate surface area is 168 Å². The molecule has 0 saturated carbocycles. The Hall–Kier alpha value is -3.74. The molecule has 0 spiro atoms. The number of ether oxygens (including phenoxy) is 1. The SMILES string of the molecule is COC(=O)c1cccc(NC(=O)c2cc(N3CCCc4ccccc43)ncn2)c1. The van der Waals surface area contributed by atoms with Gasteiger partial charge in [-0.15, -0.1) is 0 Å². The summed E-state index contributed by atoms with van der Waals surface area (Å²) in [5.74, 6) is -0.157. The van der Waals surface area contributed by atoms with Crippen LogP contribution in [0.3, 0.4) is 0 Å². The molecule has 0 aliphatic carbocycles. The average Bonchev–Trinajstić information content (AvgIpc) is 2.78. The number of para-hydroxylation sites is 1. The number of benzene rings is 2. The molecular formula is C22H20N4O3. The highest BCUT2D eigenvalue weighted by Gasteiger charge is 2.20. The van der Waals surface area contributed by atoms with Crippen LogP contribution in [-0.2, 0) is 11.2 Å². The number of hydrogen-bond donors (Lipinski definition) is 1. The molecule has 29 heavy (non-hydrogen) atoms. The van der Waals surface area contributed by atoms with Crippen molar-refractivity contribution in [1.82, 2.24) is 9.97 Å². The minimum atomic E-state index is -0.464. The number of nitrogens with one attached hydrogen (secondary N) is 1. The highest BCUT2D eigenvalue weighted by Crippen LogP contribution is 2.32. The topological polar surface area (TPSA) is 84.4 Å². The molecule has 2 aromatic carbocycles. The van der Waals surface area contributed by atoms with Crippen LogP contribution in [0.5, 0.6) is 0 Å². The first kappa shape index (κ1) is 18.6. The number of hydrogen-bond acceptors (Lipinski definition) is 6. The van der Waals surface area contributed by atoms with E-state index in [1.165, 1.54) is 19.0 Å². The third-order valence-corrected chi connectivity index (χ3v) is 4.81. The molecule has 0 bridgehead atoms. The first-order valence-electron chi connectivity index (χ1n) is 9.33. The van der Waals surface area contributed by atoms with Gasteiger partial charge >= 0.3 is 5.97 Å². The van der Waals surface area contributed by atoms with E-state index in [0.717, 1.165) is 25.1 Å². The summed E-state index contributed by atoms with van der Waals surface area (Å²) >= 11 is 0. The van der Waals surface area contributed by atoms with Crippen molar-refractivity contribution < 1.29 is 14.3 Å². The monoisotopic (exact) mass is 388 g/mol. The van der Waals surface area contributed by atoms with E-state index >= 15 is 0 Å². The van der Waals surface area contributed by atoms with E-state index in [2.05, 4.69) is 32.3 Å². The quantitative estimate of drug-likeness (QED) is 0.688. The number of carbonyl (C=O) groups is 2. The van der Waals surface area contributed by atoms with Crippen LogP contribution in [0.1, 0.15) is 32.8 Å². The van der Waals surface area contributed by atoms with Crippen molar-refractivity contribution in [3.63, 3.8) is 0 Å². The maximum absolute atomic E-state index is 12.7. The summed E-state index contributed by atoms with van der Waals surface area (Å²) in [6.45, 7) is 0.830. The number of carbonyl (C=O) groups excluding carboxylic acids is 2. The maximum atomic E-state index is 12.7. The molecule has 146 valence electrons. The average molecular weight is 388 g/mol. The number of fused-ring (bicyclic) bond motifs is 1. The summed E-state index contributed by atoms with van der Waals surface area (Å²) in [6.07, 6.45) is 3.44. The number of nitrogens with zero attached hydrogens (tertiary/aromatic N) is 3. The van der Waals surface area contributed by atoms with Crippen molar-refractivity contribution in [3.8, 4) is 0 Å². The lowest BCUT2D eigenvalue weighted by molar-refractivity contribution is 0.0600. The van der Waals surface area contributed by atoms with E-state index in [4.69, 9.17) is 4.74 Å². The molecule has 1 aliphatic heterocycles. The van der Waals surface area contributed by atoms with Crippen LogP contribution in [-0.4, -0.2) is 35.5 Å². The van der Waals surface area contributed by atoms with Gasteiger partial charge in [-0.25, -0.2) is 14.8 Å². The number of amides is 1. The Morgan fingerprint density at radius 3 is 2.79 bits per heavy atom. The van der Waals surface area contributed by atoms with Gasteiger partial charge in [-0.05, 0) is 42.7 Å². The number of aryl methyl sites for hydroxylation is 1. The molecule has 7 nitrogen and oxygen atoms in total. The summed E-state index contributed by atoms with van der Waals surface area (Å²) < 4.78 is 4.71. The zero-order valence-electron chi connectivity index (χ0n) is 16.0. The molecule has 1 aliphatic rings. The largest absolute Gasteiger partial charge is 0.465 e. The van der Waals surface area contributed by atoms with E-state index in [1.54, 1.807) is 30.3 Å². The van der Waals surface area contributed by atoms with Gasteiger partial charge in [-0.3, -0.25) is 4.79 Å². The van der Waals surface area contributed by atoms with Crippen molar-refractivity contribution in [2.75, 3.05) is 23.9 Å². The third-order valence-electron chi connectivity index (χ3n) is 4.81. The summed E-state index contributed by atoms with van der Waals surface area (Å²) in [4.78, 5) is 35.0. The van der Waals surface area contributed by atoms with Gasteiger partial charge in [-0.1, -0.05) is 24.3 Å². The van der Waals surface area contributed by atoms with Gasteiger partial charge < -0.3 is 15.0 Å². The fraction of sp³-hybridized carbons (Fsp3) is 0.182.